The first-order valence-corrected chi connectivity index (χ1v) is 8.39. The molecule has 1 aromatic heterocycles. The Morgan fingerprint density at radius 2 is 1.85 bits per heavy atom. The molecule has 1 aliphatic heterocycles. The van der Waals surface area contributed by atoms with E-state index in [9.17, 15) is 9.18 Å². The Balaban J connectivity index is 1.99. The number of aromatic nitrogens is 3. The number of halogens is 1. The maximum absolute atomic E-state index is 13.4. The molecule has 26 heavy (non-hydrogen) atoms. The standard InChI is InChI=1S/C20H17FN4O/c1-12(26)11-17-20-24-23-13(2)25(20)18-6-4-3-5-16(18)19(22-17)14-7-9-15(21)10-8-14/h3-10,17H,11H2,1-2H3/t17-/m0/s1. The molecule has 0 bridgehead atoms. The van der Waals surface area contributed by atoms with Gasteiger partial charge in [0.15, 0.2) is 5.82 Å². The second kappa shape index (κ2) is 6.29. The molecule has 4 rings (SSSR count). The van der Waals surface area contributed by atoms with Crippen LogP contribution >= 0.6 is 0 Å². The van der Waals surface area contributed by atoms with Gasteiger partial charge in [0.25, 0.3) is 0 Å². The van der Waals surface area contributed by atoms with Crippen molar-refractivity contribution in [2.24, 2.45) is 4.99 Å². The summed E-state index contributed by atoms with van der Waals surface area (Å²) in [6.07, 6.45) is 0.233. The van der Waals surface area contributed by atoms with Crippen molar-refractivity contribution in [2.45, 2.75) is 26.3 Å². The molecule has 0 unspecified atom stereocenters. The monoisotopic (exact) mass is 348 g/mol. The number of carbonyl (C=O) groups excluding carboxylic acids is 1. The minimum atomic E-state index is -0.443. The molecule has 6 heteroatoms. The minimum absolute atomic E-state index is 0.0235. The van der Waals surface area contributed by atoms with Crippen LogP contribution in [0.1, 0.15) is 42.2 Å². The van der Waals surface area contributed by atoms with Crippen molar-refractivity contribution < 1.29 is 9.18 Å². The van der Waals surface area contributed by atoms with Crippen molar-refractivity contribution in [1.29, 1.82) is 0 Å². The summed E-state index contributed by atoms with van der Waals surface area (Å²) < 4.78 is 15.3. The van der Waals surface area contributed by atoms with Crippen LogP contribution in [0.2, 0.25) is 0 Å². The molecule has 3 aromatic rings. The number of rotatable bonds is 3. The van der Waals surface area contributed by atoms with Gasteiger partial charge in [0, 0.05) is 17.5 Å². The summed E-state index contributed by atoms with van der Waals surface area (Å²) in [6, 6.07) is 13.6. The van der Waals surface area contributed by atoms with Crippen LogP contribution in [0.3, 0.4) is 0 Å². The third-order valence-corrected chi connectivity index (χ3v) is 4.43. The summed E-state index contributed by atoms with van der Waals surface area (Å²) in [5.41, 5.74) is 3.31. The second-order valence-corrected chi connectivity index (χ2v) is 6.36. The van der Waals surface area contributed by atoms with Gasteiger partial charge in [-0.1, -0.05) is 18.2 Å². The summed E-state index contributed by atoms with van der Waals surface area (Å²) in [7, 11) is 0. The highest BCUT2D eigenvalue weighted by Gasteiger charge is 2.28. The lowest BCUT2D eigenvalue weighted by molar-refractivity contribution is -0.117. The third-order valence-electron chi connectivity index (χ3n) is 4.43. The first-order chi connectivity index (χ1) is 12.5. The molecule has 0 N–H and O–H groups in total. The highest BCUT2D eigenvalue weighted by Crippen LogP contribution is 2.32. The van der Waals surface area contributed by atoms with Gasteiger partial charge in [-0.2, -0.15) is 0 Å². The Labute approximate surface area is 150 Å². The summed E-state index contributed by atoms with van der Waals surface area (Å²) in [4.78, 5) is 16.7. The van der Waals surface area contributed by atoms with Gasteiger partial charge in [-0.3, -0.25) is 14.4 Å². The Morgan fingerprint density at radius 3 is 2.58 bits per heavy atom. The van der Waals surface area contributed by atoms with Crippen LogP contribution in [0.5, 0.6) is 0 Å². The zero-order chi connectivity index (χ0) is 18.3. The van der Waals surface area contributed by atoms with E-state index in [1.165, 1.54) is 12.1 Å². The van der Waals surface area contributed by atoms with E-state index in [1.807, 2.05) is 35.8 Å². The molecule has 1 aliphatic rings. The Morgan fingerprint density at radius 1 is 1.12 bits per heavy atom. The number of carbonyl (C=O) groups is 1. The smallest absolute Gasteiger partial charge is 0.162 e. The van der Waals surface area contributed by atoms with Gasteiger partial charge in [0.05, 0.1) is 11.4 Å². The van der Waals surface area contributed by atoms with E-state index in [0.29, 0.717) is 5.82 Å². The number of ketones is 1. The molecule has 5 nitrogen and oxygen atoms in total. The number of fused-ring (bicyclic) bond motifs is 3. The summed E-state index contributed by atoms with van der Waals surface area (Å²) in [5, 5.41) is 8.47. The molecule has 2 heterocycles. The van der Waals surface area contributed by atoms with Gasteiger partial charge < -0.3 is 0 Å². The number of benzene rings is 2. The van der Waals surface area contributed by atoms with E-state index in [1.54, 1.807) is 19.1 Å². The number of Topliss-reactive ketones (excluding diaryl/α,β-unsaturated/α-hetero) is 1. The lowest BCUT2D eigenvalue weighted by Crippen LogP contribution is -2.09. The lowest BCUT2D eigenvalue weighted by atomic mass is 10.00. The number of aliphatic imine (C=N–C) groups is 1. The van der Waals surface area contributed by atoms with Crippen LogP contribution in [0.4, 0.5) is 4.39 Å². The third kappa shape index (κ3) is 2.73. The van der Waals surface area contributed by atoms with Gasteiger partial charge >= 0.3 is 0 Å². The van der Waals surface area contributed by atoms with Gasteiger partial charge in [-0.15, -0.1) is 10.2 Å². The molecular formula is C20H17FN4O. The SMILES string of the molecule is CC(=O)C[C@@H]1N=C(c2ccc(F)cc2)c2ccccc2-n2c(C)nnc21. The average molecular weight is 348 g/mol. The lowest BCUT2D eigenvalue weighted by Gasteiger charge is -2.12. The summed E-state index contributed by atoms with van der Waals surface area (Å²) in [6.45, 7) is 3.42. The first kappa shape index (κ1) is 16.3. The van der Waals surface area contributed by atoms with Crippen molar-refractivity contribution in [3.63, 3.8) is 0 Å². The maximum atomic E-state index is 13.4. The minimum Gasteiger partial charge on any atom is -0.300 e. The fraction of sp³-hybridized carbons (Fsp3) is 0.200. The molecule has 0 amide bonds. The molecule has 130 valence electrons. The summed E-state index contributed by atoms with van der Waals surface area (Å²) >= 11 is 0. The number of hydrogen-bond acceptors (Lipinski definition) is 4. The molecule has 0 aliphatic carbocycles. The first-order valence-electron chi connectivity index (χ1n) is 8.39. The van der Waals surface area contributed by atoms with Gasteiger partial charge in [-0.05, 0) is 44.2 Å². The van der Waals surface area contributed by atoms with Crippen molar-refractivity contribution in [3.05, 3.63) is 77.1 Å². The van der Waals surface area contributed by atoms with Crippen LogP contribution in [-0.4, -0.2) is 26.3 Å². The Kier molecular flexibility index (Phi) is 3.95. The summed E-state index contributed by atoms with van der Waals surface area (Å²) in [5.74, 6) is 1.10. The second-order valence-electron chi connectivity index (χ2n) is 6.36. The zero-order valence-corrected chi connectivity index (χ0v) is 14.5. The van der Waals surface area contributed by atoms with Gasteiger partial charge in [0.2, 0.25) is 0 Å². The molecule has 0 saturated heterocycles. The van der Waals surface area contributed by atoms with Crippen LogP contribution in [0.25, 0.3) is 5.69 Å². The van der Waals surface area contributed by atoms with Crippen LogP contribution in [-0.2, 0) is 4.79 Å². The van der Waals surface area contributed by atoms with Crippen molar-refractivity contribution in [3.8, 4) is 5.69 Å². The predicted octanol–water partition coefficient (Wildman–Crippen LogP) is 3.59. The van der Waals surface area contributed by atoms with E-state index < -0.39 is 6.04 Å². The quantitative estimate of drug-likeness (QED) is 0.727. The van der Waals surface area contributed by atoms with E-state index in [2.05, 4.69) is 10.2 Å². The van der Waals surface area contributed by atoms with Crippen LogP contribution in [0.15, 0.2) is 53.5 Å². The van der Waals surface area contributed by atoms with E-state index in [-0.39, 0.29) is 18.0 Å². The molecule has 0 spiro atoms. The van der Waals surface area contributed by atoms with E-state index in [0.717, 1.165) is 28.4 Å². The highest BCUT2D eigenvalue weighted by molar-refractivity contribution is 6.15. The molecule has 0 fully saturated rings. The van der Waals surface area contributed by atoms with E-state index >= 15 is 0 Å². The Hall–Kier alpha value is -3.15. The number of aryl methyl sites for hydroxylation is 1. The fourth-order valence-electron chi connectivity index (χ4n) is 3.29. The van der Waals surface area contributed by atoms with Crippen molar-refractivity contribution >= 4 is 11.5 Å². The largest absolute Gasteiger partial charge is 0.300 e. The molecule has 0 saturated carbocycles. The number of para-hydroxylation sites is 1. The van der Waals surface area contributed by atoms with Crippen LogP contribution < -0.4 is 0 Å². The predicted molar refractivity (Wildman–Crippen MR) is 96.2 cm³/mol. The van der Waals surface area contributed by atoms with Crippen molar-refractivity contribution in [2.75, 3.05) is 0 Å². The van der Waals surface area contributed by atoms with Crippen LogP contribution in [0, 0.1) is 12.7 Å². The normalized spacial score (nSPS) is 15.7. The van der Waals surface area contributed by atoms with E-state index in [4.69, 9.17) is 4.99 Å². The number of nitrogens with zero attached hydrogens (tertiary/aromatic N) is 4. The zero-order valence-electron chi connectivity index (χ0n) is 14.5. The maximum Gasteiger partial charge on any atom is 0.162 e. The topological polar surface area (TPSA) is 60.1 Å². The number of hydrogen-bond donors (Lipinski definition) is 0. The molecule has 0 radical (unpaired) electrons. The fourth-order valence-corrected chi connectivity index (χ4v) is 3.29. The van der Waals surface area contributed by atoms with Gasteiger partial charge in [0.1, 0.15) is 23.5 Å². The van der Waals surface area contributed by atoms with Crippen molar-refractivity contribution in [1.82, 2.24) is 14.8 Å². The molecular weight excluding hydrogens is 331 g/mol. The molecule has 2 aromatic carbocycles. The average Bonchev–Trinajstić information content (AvgIpc) is 2.94. The Bertz CT molecular complexity index is 1020. The molecule has 1 atom stereocenters. The highest BCUT2D eigenvalue weighted by atomic mass is 19.1. The van der Waals surface area contributed by atoms with Gasteiger partial charge in [-0.25, -0.2) is 4.39 Å².